The van der Waals surface area contributed by atoms with Crippen LogP contribution in [-0.4, -0.2) is 38.7 Å². The number of methoxy groups -OCH3 is 1. The molecule has 7 heteroatoms. The van der Waals surface area contributed by atoms with Gasteiger partial charge in [0.2, 0.25) is 5.91 Å². The van der Waals surface area contributed by atoms with E-state index in [1.807, 2.05) is 24.3 Å². The molecule has 0 unspecified atom stereocenters. The number of carbonyl (C=O) groups is 1. The average molecular weight is 336 g/mol. The maximum atomic E-state index is 11.8. The Hall–Kier alpha value is -1.17. The number of rotatable bonds is 5. The fourth-order valence-corrected chi connectivity index (χ4v) is 2.22. The molecule has 0 bridgehead atoms. The van der Waals surface area contributed by atoms with E-state index in [4.69, 9.17) is 4.74 Å². The van der Waals surface area contributed by atoms with Crippen molar-refractivity contribution in [1.29, 1.82) is 0 Å². The summed E-state index contributed by atoms with van der Waals surface area (Å²) in [6.45, 7) is 2.17. The average Bonchev–Trinajstić information content (AvgIpc) is 2.46. The summed E-state index contributed by atoms with van der Waals surface area (Å²) in [6, 6.07) is 7.83. The molecule has 1 saturated heterocycles. The van der Waals surface area contributed by atoms with Crippen molar-refractivity contribution in [2.45, 2.75) is 18.9 Å². The van der Waals surface area contributed by atoms with Crippen LogP contribution in [0.2, 0.25) is 0 Å². The van der Waals surface area contributed by atoms with Crippen LogP contribution in [0.4, 0.5) is 5.69 Å². The van der Waals surface area contributed by atoms with Crippen LogP contribution >= 0.6 is 24.8 Å². The molecule has 1 aromatic rings. The van der Waals surface area contributed by atoms with E-state index in [2.05, 4.69) is 16.0 Å². The summed E-state index contributed by atoms with van der Waals surface area (Å²) in [7, 11) is 1.62. The summed E-state index contributed by atoms with van der Waals surface area (Å²) in [6.07, 6.45) is 2.16. The highest BCUT2D eigenvalue weighted by molar-refractivity contribution is 5.85. The second-order valence-electron chi connectivity index (χ2n) is 4.66. The van der Waals surface area contributed by atoms with Gasteiger partial charge in [0.05, 0.1) is 19.3 Å². The Balaban J connectivity index is 0.00000200. The third-order valence-corrected chi connectivity index (χ3v) is 3.21. The molecule has 120 valence electrons. The number of amides is 1. The van der Waals surface area contributed by atoms with Crippen LogP contribution in [0.5, 0.6) is 5.75 Å². The molecule has 1 aromatic carbocycles. The molecule has 1 fully saturated rings. The lowest BCUT2D eigenvalue weighted by molar-refractivity contribution is -0.120. The van der Waals surface area contributed by atoms with Gasteiger partial charge < -0.3 is 20.7 Å². The minimum atomic E-state index is 0. The van der Waals surface area contributed by atoms with E-state index >= 15 is 0 Å². The van der Waals surface area contributed by atoms with Crippen LogP contribution in [0, 0.1) is 0 Å². The van der Waals surface area contributed by atoms with Gasteiger partial charge in [-0.2, -0.15) is 0 Å². The summed E-state index contributed by atoms with van der Waals surface area (Å²) in [4.78, 5) is 11.8. The Labute approximate surface area is 138 Å². The number of anilines is 1. The zero-order valence-corrected chi connectivity index (χ0v) is 13.7. The summed E-state index contributed by atoms with van der Waals surface area (Å²) in [5, 5.41) is 9.40. The molecule has 0 radical (unpaired) electrons. The predicted molar refractivity (Wildman–Crippen MR) is 90.0 cm³/mol. The van der Waals surface area contributed by atoms with Crippen molar-refractivity contribution >= 4 is 36.4 Å². The van der Waals surface area contributed by atoms with Crippen LogP contribution in [0.1, 0.15) is 12.8 Å². The van der Waals surface area contributed by atoms with Gasteiger partial charge in [-0.1, -0.05) is 12.1 Å². The molecule has 0 aliphatic carbocycles. The number of carbonyl (C=O) groups excluding carboxylic acids is 1. The van der Waals surface area contributed by atoms with Gasteiger partial charge in [0.25, 0.3) is 0 Å². The van der Waals surface area contributed by atoms with Crippen LogP contribution in [0.3, 0.4) is 0 Å². The maximum absolute atomic E-state index is 11.8. The highest BCUT2D eigenvalue weighted by Gasteiger charge is 2.15. The van der Waals surface area contributed by atoms with Crippen LogP contribution < -0.4 is 20.7 Å². The molecular formula is C14H23Cl2N3O2. The number of benzene rings is 1. The Morgan fingerprint density at radius 1 is 1.38 bits per heavy atom. The van der Waals surface area contributed by atoms with Gasteiger partial charge in [-0.05, 0) is 31.5 Å². The fourth-order valence-electron chi connectivity index (χ4n) is 2.22. The highest BCUT2D eigenvalue weighted by atomic mass is 35.5. The Morgan fingerprint density at radius 2 is 2.14 bits per heavy atom. The standard InChI is InChI=1S/C14H21N3O2.2ClH/c1-19-13-7-3-2-6-12(13)16-10-14(18)17-11-5-4-8-15-9-11;;/h2-3,6-7,11,15-16H,4-5,8-10H2,1H3,(H,17,18);2*1H/t11-;;/m0../s1. The van der Waals surface area contributed by atoms with Crippen molar-refractivity contribution in [2.24, 2.45) is 0 Å². The summed E-state index contributed by atoms with van der Waals surface area (Å²) in [5.74, 6) is 0.759. The molecule has 21 heavy (non-hydrogen) atoms. The minimum absolute atomic E-state index is 0. The number of piperidine rings is 1. The van der Waals surface area contributed by atoms with Crippen molar-refractivity contribution in [3.05, 3.63) is 24.3 Å². The number of para-hydroxylation sites is 2. The molecule has 1 aliphatic rings. The van der Waals surface area contributed by atoms with Gasteiger partial charge in [0.15, 0.2) is 0 Å². The van der Waals surface area contributed by atoms with Crippen molar-refractivity contribution in [1.82, 2.24) is 10.6 Å². The topological polar surface area (TPSA) is 62.4 Å². The molecule has 1 amide bonds. The maximum Gasteiger partial charge on any atom is 0.239 e. The molecule has 1 heterocycles. The van der Waals surface area contributed by atoms with Crippen LogP contribution in [0.15, 0.2) is 24.3 Å². The zero-order chi connectivity index (χ0) is 13.5. The van der Waals surface area contributed by atoms with Gasteiger partial charge in [-0.25, -0.2) is 0 Å². The molecule has 0 spiro atoms. The summed E-state index contributed by atoms with van der Waals surface area (Å²) < 4.78 is 5.22. The van der Waals surface area contributed by atoms with E-state index in [1.54, 1.807) is 7.11 Å². The molecule has 0 saturated carbocycles. The number of nitrogens with one attached hydrogen (secondary N) is 3. The molecule has 1 aliphatic heterocycles. The van der Waals surface area contributed by atoms with Crippen LogP contribution in [0.25, 0.3) is 0 Å². The Kier molecular flexibility index (Phi) is 9.95. The first-order chi connectivity index (χ1) is 9.29. The number of ether oxygens (including phenoxy) is 1. The quantitative estimate of drug-likeness (QED) is 0.768. The largest absolute Gasteiger partial charge is 0.495 e. The highest BCUT2D eigenvalue weighted by Crippen LogP contribution is 2.22. The first kappa shape index (κ1) is 19.8. The Bertz CT molecular complexity index is 426. The second-order valence-corrected chi connectivity index (χ2v) is 4.66. The van der Waals surface area contributed by atoms with E-state index in [1.165, 1.54) is 0 Å². The normalized spacial score (nSPS) is 16.9. The van der Waals surface area contributed by atoms with Crippen molar-refractivity contribution in [3.63, 3.8) is 0 Å². The lowest BCUT2D eigenvalue weighted by Gasteiger charge is -2.24. The number of hydrogen-bond acceptors (Lipinski definition) is 4. The van der Waals surface area contributed by atoms with E-state index < -0.39 is 0 Å². The zero-order valence-electron chi connectivity index (χ0n) is 12.1. The second kappa shape index (κ2) is 10.5. The van der Waals surface area contributed by atoms with Crippen molar-refractivity contribution in [2.75, 3.05) is 32.1 Å². The molecule has 1 atom stereocenters. The van der Waals surface area contributed by atoms with Crippen molar-refractivity contribution in [3.8, 4) is 5.75 Å². The predicted octanol–water partition coefficient (Wildman–Crippen LogP) is 1.82. The van der Waals surface area contributed by atoms with Gasteiger partial charge >= 0.3 is 0 Å². The fraction of sp³-hybridized carbons (Fsp3) is 0.500. The third kappa shape index (κ3) is 6.42. The molecule has 5 nitrogen and oxygen atoms in total. The molecule has 0 aromatic heterocycles. The van der Waals surface area contributed by atoms with Gasteiger partial charge in [0, 0.05) is 12.6 Å². The smallest absolute Gasteiger partial charge is 0.239 e. The van der Waals surface area contributed by atoms with Crippen molar-refractivity contribution < 1.29 is 9.53 Å². The van der Waals surface area contributed by atoms with E-state index in [9.17, 15) is 4.79 Å². The summed E-state index contributed by atoms with van der Waals surface area (Å²) >= 11 is 0. The first-order valence-electron chi connectivity index (χ1n) is 6.66. The van der Waals surface area contributed by atoms with Gasteiger partial charge in [0.1, 0.15) is 5.75 Å². The lowest BCUT2D eigenvalue weighted by atomic mass is 10.1. The number of hydrogen-bond donors (Lipinski definition) is 3. The molecule has 3 N–H and O–H groups in total. The van der Waals surface area contributed by atoms with E-state index in [-0.39, 0.29) is 43.3 Å². The van der Waals surface area contributed by atoms with Gasteiger partial charge in [-0.3, -0.25) is 4.79 Å². The number of halogens is 2. The van der Waals surface area contributed by atoms with Gasteiger partial charge in [-0.15, -0.1) is 24.8 Å². The molecular weight excluding hydrogens is 313 g/mol. The third-order valence-electron chi connectivity index (χ3n) is 3.21. The van der Waals surface area contributed by atoms with E-state index in [0.29, 0.717) is 0 Å². The minimum Gasteiger partial charge on any atom is -0.495 e. The van der Waals surface area contributed by atoms with Crippen LogP contribution in [-0.2, 0) is 4.79 Å². The molecule has 2 rings (SSSR count). The summed E-state index contributed by atoms with van der Waals surface area (Å²) in [5.41, 5.74) is 0.835. The van der Waals surface area contributed by atoms with E-state index in [0.717, 1.165) is 37.4 Å². The monoisotopic (exact) mass is 335 g/mol. The Morgan fingerprint density at radius 3 is 2.81 bits per heavy atom. The first-order valence-corrected chi connectivity index (χ1v) is 6.66. The lowest BCUT2D eigenvalue weighted by Crippen LogP contribution is -2.47. The SMILES string of the molecule is COc1ccccc1NCC(=O)N[C@H]1CCCNC1.Cl.Cl.